The average molecular weight is 347 g/mol. The summed E-state index contributed by atoms with van der Waals surface area (Å²) in [5, 5.41) is 13.3. The van der Waals surface area contributed by atoms with E-state index in [9.17, 15) is 4.79 Å². The first kappa shape index (κ1) is 17.8. The molecule has 0 aliphatic carbocycles. The maximum Gasteiger partial charge on any atom is 0.335 e. The monoisotopic (exact) mass is 345 g/mol. The molecule has 2 rings (SSSR count). The minimum absolute atomic E-state index is 0. The smallest absolute Gasteiger partial charge is 0.335 e. The number of aromatic carboxylic acids is 1. The third-order valence-corrected chi connectivity index (χ3v) is 3.60. The third kappa shape index (κ3) is 4.90. The molecule has 2 aromatic carbocycles. The van der Waals surface area contributed by atoms with Crippen LogP contribution in [0.25, 0.3) is 0 Å². The van der Waals surface area contributed by atoms with Crippen molar-refractivity contribution in [3.05, 3.63) is 69.2 Å². The van der Waals surface area contributed by atoms with Crippen molar-refractivity contribution in [3.63, 3.8) is 0 Å². The standard InChI is InChI=1S/C15H13Cl2NO2.ClH/c16-13-2-1-3-14(17)12(13)9-18-8-10-4-6-11(7-5-10)15(19)20;/h1-7,18H,8-9H2,(H,19,20);1H. The zero-order valence-corrected chi connectivity index (χ0v) is 13.3. The van der Waals surface area contributed by atoms with Crippen LogP contribution in [0.3, 0.4) is 0 Å². The van der Waals surface area contributed by atoms with Crippen LogP contribution in [0.1, 0.15) is 21.5 Å². The lowest BCUT2D eigenvalue weighted by atomic mass is 10.1. The Morgan fingerprint density at radius 2 is 1.57 bits per heavy atom. The molecule has 112 valence electrons. The lowest BCUT2D eigenvalue weighted by Crippen LogP contribution is -2.13. The molecule has 0 bridgehead atoms. The Hall–Kier alpha value is -1.26. The van der Waals surface area contributed by atoms with Crippen LogP contribution in [0.15, 0.2) is 42.5 Å². The van der Waals surface area contributed by atoms with E-state index in [2.05, 4.69) is 5.32 Å². The molecular weight excluding hydrogens is 333 g/mol. The first-order chi connectivity index (χ1) is 9.58. The van der Waals surface area contributed by atoms with Crippen molar-refractivity contribution in [2.75, 3.05) is 0 Å². The van der Waals surface area contributed by atoms with Crippen molar-refractivity contribution >= 4 is 41.6 Å². The van der Waals surface area contributed by atoms with Gasteiger partial charge in [-0.15, -0.1) is 12.4 Å². The van der Waals surface area contributed by atoms with E-state index in [1.165, 1.54) is 0 Å². The number of carbonyl (C=O) groups is 1. The van der Waals surface area contributed by atoms with Gasteiger partial charge in [0.1, 0.15) is 0 Å². The Bertz CT molecular complexity index is 595. The number of benzene rings is 2. The van der Waals surface area contributed by atoms with Crippen molar-refractivity contribution in [3.8, 4) is 0 Å². The molecule has 0 aromatic heterocycles. The van der Waals surface area contributed by atoms with Crippen molar-refractivity contribution in [1.82, 2.24) is 5.32 Å². The van der Waals surface area contributed by atoms with Gasteiger partial charge in [-0.25, -0.2) is 4.79 Å². The molecule has 0 unspecified atom stereocenters. The number of hydrogen-bond donors (Lipinski definition) is 2. The van der Waals surface area contributed by atoms with Gasteiger partial charge in [0.25, 0.3) is 0 Å². The maximum absolute atomic E-state index is 10.7. The molecule has 21 heavy (non-hydrogen) atoms. The van der Waals surface area contributed by atoms with Gasteiger partial charge in [-0.1, -0.05) is 41.4 Å². The fraction of sp³-hybridized carbons (Fsp3) is 0.133. The Labute approximate surface area is 139 Å². The van der Waals surface area contributed by atoms with Crippen LogP contribution in [-0.4, -0.2) is 11.1 Å². The first-order valence-corrected chi connectivity index (χ1v) is 6.79. The fourth-order valence-electron chi connectivity index (χ4n) is 1.80. The molecule has 0 aliphatic heterocycles. The second-order valence-corrected chi connectivity index (χ2v) is 5.12. The second kappa shape index (κ2) is 8.25. The highest BCUT2D eigenvalue weighted by Gasteiger charge is 2.05. The summed E-state index contributed by atoms with van der Waals surface area (Å²) in [5.41, 5.74) is 2.14. The number of halogens is 3. The molecule has 0 saturated heterocycles. The lowest BCUT2D eigenvalue weighted by Gasteiger charge is -2.09. The van der Waals surface area contributed by atoms with Crippen LogP contribution >= 0.6 is 35.6 Å². The van der Waals surface area contributed by atoms with Gasteiger partial charge in [-0.05, 0) is 29.8 Å². The molecule has 3 nitrogen and oxygen atoms in total. The summed E-state index contributed by atoms with van der Waals surface area (Å²) >= 11 is 12.2. The number of hydrogen-bond acceptors (Lipinski definition) is 2. The Balaban J connectivity index is 0.00000220. The minimum atomic E-state index is -0.924. The summed E-state index contributed by atoms with van der Waals surface area (Å²) in [7, 11) is 0. The van der Waals surface area contributed by atoms with E-state index in [1.54, 1.807) is 42.5 Å². The molecular formula is C15H14Cl3NO2. The van der Waals surface area contributed by atoms with E-state index in [-0.39, 0.29) is 18.0 Å². The number of nitrogens with one attached hydrogen (secondary N) is 1. The van der Waals surface area contributed by atoms with Crippen LogP contribution in [0.2, 0.25) is 10.0 Å². The summed E-state index contributed by atoms with van der Waals surface area (Å²) in [6, 6.07) is 12.1. The predicted molar refractivity (Wildman–Crippen MR) is 87.7 cm³/mol. The van der Waals surface area contributed by atoms with Gasteiger partial charge in [-0.2, -0.15) is 0 Å². The molecule has 0 aliphatic rings. The largest absolute Gasteiger partial charge is 0.478 e. The Morgan fingerprint density at radius 1 is 1.00 bits per heavy atom. The number of rotatable bonds is 5. The van der Waals surface area contributed by atoms with Gasteiger partial charge in [0, 0.05) is 28.7 Å². The summed E-state index contributed by atoms with van der Waals surface area (Å²) in [6.45, 7) is 1.17. The van der Waals surface area contributed by atoms with E-state index < -0.39 is 5.97 Å². The van der Waals surface area contributed by atoms with E-state index >= 15 is 0 Å². The Kier molecular flexibility index (Phi) is 6.99. The summed E-state index contributed by atoms with van der Waals surface area (Å²) in [5.74, 6) is -0.924. The van der Waals surface area contributed by atoms with Crippen LogP contribution in [0.5, 0.6) is 0 Å². The van der Waals surface area contributed by atoms with Gasteiger partial charge in [0.2, 0.25) is 0 Å². The van der Waals surface area contributed by atoms with Crippen molar-refractivity contribution in [2.45, 2.75) is 13.1 Å². The predicted octanol–water partition coefficient (Wildman–Crippen LogP) is 4.40. The zero-order chi connectivity index (χ0) is 14.5. The normalized spacial score (nSPS) is 10.0. The second-order valence-electron chi connectivity index (χ2n) is 4.31. The minimum Gasteiger partial charge on any atom is -0.478 e. The zero-order valence-electron chi connectivity index (χ0n) is 11.0. The molecule has 6 heteroatoms. The number of carboxylic acid groups (broad SMARTS) is 1. The van der Waals surface area contributed by atoms with Crippen LogP contribution in [-0.2, 0) is 13.1 Å². The highest BCUT2D eigenvalue weighted by molar-refractivity contribution is 6.35. The van der Waals surface area contributed by atoms with Crippen molar-refractivity contribution in [2.24, 2.45) is 0 Å². The van der Waals surface area contributed by atoms with Gasteiger partial charge in [-0.3, -0.25) is 0 Å². The summed E-state index contributed by atoms with van der Waals surface area (Å²) in [6.07, 6.45) is 0. The van der Waals surface area contributed by atoms with Gasteiger partial charge in [0.05, 0.1) is 5.56 Å². The van der Waals surface area contributed by atoms with Crippen molar-refractivity contribution < 1.29 is 9.90 Å². The van der Waals surface area contributed by atoms with Gasteiger partial charge >= 0.3 is 5.97 Å². The quantitative estimate of drug-likeness (QED) is 0.843. The summed E-state index contributed by atoms with van der Waals surface area (Å²) < 4.78 is 0. The molecule has 0 atom stereocenters. The van der Waals surface area contributed by atoms with Crippen molar-refractivity contribution in [1.29, 1.82) is 0 Å². The van der Waals surface area contributed by atoms with E-state index in [0.29, 0.717) is 23.1 Å². The highest BCUT2D eigenvalue weighted by Crippen LogP contribution is 2.23. The highest BCUT2D eigenvalue weighted by atomic mass is 35.5. The molecule has 0 fully saturated rings. The molecule has 0 radical (unpaired) electrons. The molecule has 0 amide bonds. The molecule has 0 spiro atoms. The van der Waals surface area contributed by atoms with Gasteiger partial charge in [0.15, 0.2) is 0 Å². The molecule has 0 saturated carbocycles. The number of carboxylic acids is 1. The maximum atomic E-state index is 10.7. The third-order valence-electron chi connectivity index (χ3n) is 2.89. The molecule has 0 heterocycles. The lowest BCUT2D eigenvalue weighted by molar-refractivity contribution is 0.0697. The summed E-state index contributed by atoms with van der Waals surface area (Å²) in [4.78, 5) is 10.7. The SMILES string of the molecule is Cl.O=C(O)c1ccc(CNCc2c(Cl)cccc2Cl)cc1. The van der Waals surface area contributed by atoms with Crippen LogP contribution in [0.4, 0.5) is 0 Å². The first-order valence-electron chi connectivity index (χ1n) is 6.04. The topological polar surface area (TPSA) is 49.3 Å². The van der Waals surface area contributed by atoms with E-state index in [4.69, 9.17) is 28.3 Å². The van der Waals surface area contributed by atoms with E-state index in [1.807, 2.05) is 0 Å². The van der Waals surface area contributed by atoms with Crippen LogP contribution in [0, 0.1) is 0 Å². The van der Waals surface area contributed by atoms with Crippen LogP contribution < -0.4 is 5.32 Å². The van der Waals surface area contributed by atoms with E-state index in [0.717, 1.165) is 11.1 Å². The fourth-order valence-corrected chi connectivity index (χ4v) is 2.33. The molecule has 2 N–H and O–H groups in total. The molecule has 2 aromatic rings. The van der Waals surface area contributed by atoms with Gasteiger partial charge < -0.3 is 10.4 Å². The Morgan fingerprint density at radius 3 is 2.10 bits per heavy atom. The average Bonchev–Trinajstić information content (AvgIpc) is 2.42.